The first-order chi connectivity index (χ1) is 12.3. The maximum atomic E-state index is 12.5. The van der Waals surface area contributed by atoms with Crippen LogP contribution in [-0.2, 0) is 0 Å². The van der Waals surface area contributed by atoms with Gasteiger partial charge >= 0.3 is 0 Å². The molecule has 0 aliphatic heterocycles. The van der Waals surface area contributed by atoms with E-state index in [0.29, 0.717) is 5.56 Å². The van der Waals surface area contributed by atoms with E-state index in [1.165, 1.54) is 0 Å². The fraction of sp³-hybridized carbons (Fsp3) is 0. The highest BCUT2D eigenvalue weighted by Gasteiger charge is 2.08. The van der Waals surface area contributed by atoms with E-state index in [2.05, 4.69) is 21.9 Å². The van der Waals surface area contributed by atoms with Gasteiger partial charge in [0.1, 0.15) is 0 Å². The average Bonchev–Trinajstić information content (AvgIpc) is 3.36. The molecule has 0 bridgehead atoms. The number of nitrogens with zero attached hydrogens (tertiary/aromatic N) is 2. The van der Waals surface area contributed by atoms with Gasteiger partial charge in [-0.25, -0.2) is 4.68 Å². The Kier molecular flexibility index (Phi) is 4.14. The lowest BCUT2D eigenvalue weighted by atomic mass is 10.1. The van der Waals surface area contributed by atoms with E-state index in [4.69, 9.17) is 0 Å². The summed E-state index contributed by atoms with van der Waals surface area (Å²) >= 11 is 1.66. The maximum Gasteiger partial charge on any atom is 0.255 e. The highest BCUT2D eigenvalue weighted by molar-refractivity contribution is 7.08. The zero-order valence-corrected chi connectivity index (χ0v) is 14.1. The van der Waals surface area contributed by atoms with Crippen LogP contribution < -0.4 is 5.32 Å². The van der Waals surface area contributed by atoms with Crippen LogP contribution in [0.4, 0.5) is 5.69 Å². The topological polar surface area (TPSA) is 46.9 Å². The van der Waals surface area contributed by atoms with Gasteiger partial charge in [-0.15, -0.1) is 0 Å². The van der Waals surface area contributed by atoms with Crippen LogP contribution in [0.5, 0.6) is 0 Å². The van der Waals surface area contributed by atoms with Crippen LogP contribution in [0.15, 0.2) is 83.8 Å². The molecule has 4 nitrogen and oxygen atoms in total. The second-order valence-corrected chi connectivity index (χ2v) is 6.32. The number of aromatic nitrogens is 2. The first-order valence-electron chi connectivity index (χ1n) is 7.84. The molecule has 2 heterocycles. The molecular weight excluding hydrogens is 330 g/mol. The summed E-state index contributed by atoms with van der Waals surface area (Å²) in [6.07, 6.45) is 3.59. The molecule has 0 unspecified atom stereocenters. The minimum absolute atomic E-state index is 0.130. The largest absolute Gasteiger partial charge is 0.322 e. The molecule has 0 saturated carbocycles. The third-order valence-corrected chi connectivity index (χ3v) is 4.56. The Balaban J connectivity index is 1.51. The average molecular weight is 345 g/mol. The number of carbonyl (C=O) groups is 1. The molecule has 2 aromatic heterocycles. The van der Waals surface area contributed by atoms with E-state index < -0.39 is 0 Å². The number of thiophene rings is 1. The van der Waals surface area contributed by atoms with Crippen LogP contribution in [0.1, 0.15) is 10.4 Å². The van der Waals surface area contributed by atoms with Crippen molar-refractivity contribution in [3.8, 4) is 16.8 Å². The maximum absolute atomic E-state index is 12.5. The van der Waals surface area contributed by atoms with Gasteiger partial charge in [0.15, 0.2) is 0 Å². The van der Waals surface area contributed by atoms with Crippen LogP contribution in [-0.4, -0.2) is 15.7 Å². The van der Waals surface area contributed by atoms with Crippen molar-refractivity contribution in [3.05, 3.63) is 89.4 Å². The molecule has 0 saturated heterocycles. The Morgan fingerprint density at radius 2 is 1.88 bits per heavy atom. The standard InChI is InChI=1S/C20H15N3OS/c24-20(15-5-7-19(8-6-15)23-11-2-10-21-23)22-18-4-1-3-16(13-18)17-9-12-25-14-17/h1-14H,(H,22,24). The lowest BCUT2D eigenvalue weighted by molar-refractivity contribution is 0.102. The molecule has 0 spiro atoms. The predicted octanol–water partition coefficient (Wildman–Crippen LogP) is 4.85. The van der Waals surface area contributed by atoms with Crippen molar-refractivity contribution in [2.24, 2.45) is 0 Å². The lowest BCUT2D eigenvalue weighted by Crippen LogP contribution is -2.12. The molecule has 0 aliphatic carbocycles. The number of anilines is 1. The Morgan fingerprint density at radius 1 is 1.00 bits per heavy atom. The number of nitrogens with one attached hydrogen (secondary N) is 1. The molecule has 0 radical (unpaired) electrons. The van der Waals surface area contributed by atoms with Crippen molar-refractivity contribution in [2.75, 3.05) is 5.32 Å². The third kappa shape index (κ3) is 3.36. The van der Waals surface area contributed by atoms with Gasteiger partial charge in [-0.2, -0.15) is 16.4 Å². The summed E-state index contributed by atoms with van der Waals surface area (Å²) in [6, 6.07) is 19.2. The number of rotatable bonds is 4. The lowest BCUT2D eigenvalue weighted by Gasteiger charge is -2.08. The SMILES string of the molecule is O=C(Nc1cccc(-c2ccsc2)c1)c1ccc(-n2cccn2)cc1. The molecule has 25 heavy (non-hydrogen) atoms. The fourth-order valence-corrected chi connectivity index (χ4v) is 3.26. The zero-order chi connectivity index (χ0) is 17.1. The first kappa shape index (κ1) is 15.4. The van der Waals surface area contributed by atoms with Gasteiger partial charge in [-0.3, -0.25) is 4.79 Å². The van der Waals surface area contributed by atoms with Crippen molar-refractivity contribution in [3.63, 3.8) is 0 Å². The van der Waals surface area contributed by atoms with Gasteiger partial charge in [-0.05, 0) is 70.4 Å². The number of benzene rings is 2. The minimum Gasteiger partial charge on any atom is -0.322 e. The number of hydrogen-bond acceptors (Lipinski definition) is 3. The van der Waals surface area contributed by atoms with Gasteiger partial charge in [-0.1, -0.05) is 12.1 Å². The summed E-state index contributed by atoms with van der Waals surface area (Å²) in [5.41, 5.74) is 4.56. The van der Waals surface area contributed by atoms with E-state index in [0.717, 1.165) is 22.5 Å². The molecule has 4 aromatic rings. The number of amides is 1. The second kappa shape index (κ2) is 6.75. The van der Waals surface area contributed by atoms with Crippen LogP contribution in [0.25, 0.3) is 16.8 Å². The van der Waals surface area contributed by atoms with Crippen molar-refractivity contribution in [1.82, 2.24) is 9.78 Å². The molecule has 0 atom stereocenters. The molecule has 1 N–H and O–H groups in total. The summed E-state index contributed by atoms with van der Waals surface area (Å²) in [5.74, 6) is -0.130. The van der Waals surface area contributed by atoms with Crippen LogP contribution >= 0.6 is 11.3 Å². The molecular formula is C20H15N3OS. The monoisotopic (exact) mass is 345 g/mol. The van der Waals surface area contributed by atoms with Gasteiger partial charge in [0.05, 0.1) is 5.69 Å². The van der Waals surface area contributed by atoms with Gasteiger partial charge in [0.25, 0.3) is 5.91 Å². The molecule has 4 rings (SSSR count). The highest BCUT2D eigenvalue weighted by Crippen LogP contribution is 2.25. The number of carbonyl (C=O) groups excluding carboxylic acids is 1. The van der Waals surface area contributed by atoms with E-state index in [1.54, 1.807) is 34.3 Å². The predicted molar refractivity (Wildman–Crippen MR) is 101 cm³/mol. The molecule has 2 aromatic carbocycles. The van der Waals surface area contributed by atoms with Crippen molar-refractivity contribution in [1.29, 1.82) is 0 Å². The smallest absolute Gasteiger partial charge is 0.255 e. The number of hydrogen-bond donors (Lipinski definition) is 1. The van der Waals surface area contributed by atoms with Gasteiger partial charge < -0.3 is 5.32 Å². The summed E-state index contributed by atoms with van der Waals surface area (Å²) < 4.78 is 1.76. The normalized spacial score (nSPS) is 10.6. The molecule has 1 amide bonds. The fourth-order valence-electron chi connectivity index (χ4n) is 2.60. The van der Waals surface area contributed by atoms with Crippen LogP contribution in [0.3, 0.4) is 0 Å². The first-order valence-corrected chi connectivity index (χ1v) is 8.78. The third-order valence-electron chi connectivity index (χ3n) is 3.87. The van der Waals surface area contributed by atoms with Crippen LogP contribution in [0, 0.1) is 0 Å². The Morgan fingerprint density at radius 3 is 2.60 bits per heavy atom. The van der Waals surface area contributed by atoms with Crippen molar-refractivity contribution in [2.45, 2.75) is 0 Å². The second-order valence-electron chi connectivity index (χ2n) is 5.54. The van der Waals surface area contributed by atoms with Gasteiger partial charge in [0, 0.05) is 23.6 Å². The Bertz CT molecular complexity index is 974. The van der Waals surface area contributed by atoms with Crippen LogP contribution in [0.2, 0.25) is 0 Å². The zero-order valence-electron chi connectivity index (χ0n) is 13.3. The van der Waals surface area contributed by atoms with E-state index in [9.17, 15) is 4.79 Å². The molecule has 122 valence electrons. The van der Waals surface area contributed by atoms with Gasteiger partial charge in [0.2, 0.25) is 0 Å². The Hall–Kier alpha value is -3.18. The summed E-state index contributed by atoms with van der Waals surface area (Å²) in [6.45, 7) is 0. The van der Waals surface area contributed by atoms with E-state index >= 15 is 0 Å². The minimum atomic E-state index is -0.130. The quantitative estimate of drug-likeness (QED) is 0.574. The molecule has 5 heteroatoms. The summed E-state index contributed by atoms with van der Waals surface area (Å²) in [5, 5.41) is 11.3. The van der Waals surface area contributed by atoms with E-state index in [1.807, 2.05) is 54.0 Å². The Labute approximate surface area is 149 Å². The van der Waals surface area contributed by atoms with E-state index in [-0.39, 0.29) is 5.91 Å². The summed E-state index contributed by atoms with van der Waals surface area (Å²) in [7, 11) is 0. The van der Waals surface area contributed by atoms with Crippen molar-refractivity contribution < 1.29 is 4.79 Å². The molecule has 0 fully saturated rings. The highest BCUT2D eigenvalue weighted by atomic mass is 32.1. The summed E-state index contributed by atoms with van der Waals surface area (Å²) in [4.78, 5) is 12.5. The molecule has 0 aliphatic rings. The van der Waals surface area contributed by atoms with Crippen molar-refractivity contribution >= 4 is 22.9 Å².